The first kappa shape index (κ1) is 11.5. The van der Waals surface area contributed by atoms with E-state index in [1.54, 1.807) is 7.11 Å². The van der Waals surface area contributed by atoms with E-state index in [1.807, 2.05) is 24.3 Å². The van der Waals surface area contributed by atoms with Crippen LogP contribution in [0.25, 0.3) is 0 Å². The molecule has 0 aliphatic rings. The van der Waals surface area contributed by atoms with Gasteiger partial charge in [-0.2, -0.15) is 0 Å². The van der Waals surface area contributed by atoms with Gasteiger partial charge in [-0.3, -0.25) is 0 Å². The lowest BCUT2D eigenvalue weighted by Crippen LogP contribution is -2.00. The van der Waals surface area contributed by atoms with Gasteiger partial charge in [0.2, 0.25) is 0 Å². The number of nitrogens with one attached hydrogen (secondary N) is 1. The average molecular weight is 251 g/mol. The molecule has 88 valence electrons. The fourth-order valence-corrected chi connectivity index (χ4v) is 1.49. The lowest BCUT2D eigenvalue weighted by molar-refractivity contribution is 0.417. The highest BCUT2D eigenvalue weighted by Crippen LogP contribution is 2.30. The first-order valence-corrected chi connectivity index (χ1v) is 5.26. The monoisotopic (exact) mass is 250 g/mol. The van der Waals surface area contributed by atoms with Crippen molar-refractivity contribution in [3.63, 3.8) is 0 Å². The molecular weight excluding hydrogens is 240 g/mol. The molecule has 0 radical (unpaired) electrons. The summed E-state index contributed by atoms with van der Waals surface area (Å²) in [6.07, 6.45) is 1.35. The lowest BCUT2D eigenvalue weighted by atomic mass is 10.3. The second-order valence-corrected chi connectivity index (χ2v) is 3.62. The van der Waals surface area contributed by atoms with E-state index in [4.69, 9.17) is 22.1 Å². The van der Waals surface area contributed by atoms with Gasteiger partial charge in [-0.1, -0.05) is 23.7 Å². The third-order valence-corrected chi connectivity index (χ3v) is 2.55. The summed E-state index contributed by atoms with van der Waals surface area (Å²) >= 11 is 5.99. The van der Waals surface area contributed by atoms with Gasteiger partial charge in [0.1, 0.15) is 22.9 Å². The number of methoxy groups -OCH3 is 1. The van der Waals surface area contributed by atoms with E-state index in [9.17, 15) is 0 Å². The number of para-hydroxylation sites is 2. The number of ether oxygens (including phenoxy) is 1. The van der Waals surface area contributed by atoms with Gasteiger partial charge in [0.15, 0.2) is 5.82 Å². The van der Waals surface area contributed by atoms with E-state index in [2.05, 4.69) is 15.3 Å². The zero-order valence-electron chi connectivity index (χ0n) is 9.14. The number of halogens is 1. The van der Waals surface area contributed by atoms with Crippen LogP contribution in [0.5, 0.6) is 5.75 Å². The average Bonchev–Trinajstić information content (AvgIpc) is 2.35. The van der Waals surface area contributed by atoms with Crippen molar-refractivity contribution in [3.05, 3.63) is 35.6 Å². The predicted molar refractivity (Wildman–Crippen MR) is 67.7 cm³/mol. The number of aromatic nitrogens is 2. The molecule has 2 aromatic rings. The summed E-state index contributed by atoms with van der Waals surface area (Å²) in [6.45, 7) is 0. The molecule has 3 N–H and O–H groups in total. The largest absolute Gasteiger partial charge is 0.495 e. The number of hydrogen-bond acceptors (Lipinski definition) is 5. The zero-order valence-corrected chi connectivity index (χ0v) is 9.90. The number of rotatable bonds is 3. The van der Waals surface area contributed by atoms with Crippen LogP contribution < -0.4 is 15.8 Å². The van der Waals surface area contributed by atoms with Crippen molar-refractivity contribution < 1.29 is 4.74 Å². The third-order valence-electron chi connectivity index (χ3n) is 2.18. The summed E-state index contributed by atoms with van der Waals surface area (Å²) in [5.41, 5.74) is 6.35. The van der Waals surface area contributed by atoms with E-state index >= 15 is 0 Å². The van der Waals surface area contributed by atoms with Crippen LogP contribution in [0.3, 0.4) is 0 Å². The quantitative estimate of drug-likeness (QED) is 0.875. The van der Waals surface area contributed by atoms with Gasteiger partial charge in [0, 0.05) is 0 Å². The second kappa shape index (κ2) is 4.88. The summed E-state index contributed by atoms with van der Waals surface area (Å²) in [5, 5.41) is 3.33. The maximum absolute atomic E-state index is 5.99. The summed E-state index contributed by atoms with van der Waals surface area (Å²) < 4.78 is 5.21. The third kappa shape index (κ3) is 2.39. The van der Waals surface area contributed by atoms with Crippen LogP contribution in [0.4, 0.5) is 17.3 Å². The highest BCUT2D eigenvalue weighted by atomic mass is 35.5. The fraction of sp³-hybridized carbons (Fsp3) is 0.0909. The number of nitrogens with zero attached hydrogens (tertiary/aromatic N) is 2. The van der Waals surface area contributed by atoms with Crippen molar-refractivity contribution in [3.8, 4) is 5.75 Å². The Balaban J connectivity index is 2.35. The van der Waals surface area contributed by atoms with Gasteiger partial charge in [0.05, 0.1) is 12.8 Å². The summed E-state index contributed by atoms with van der Waals surface area (Å²) in [5.74, 6) is 1.38. The molecule has 0 unspecified atom stereocenters. The first-order chi connectivity index (χ1) is 8.22. The molecule has 1 heterocycles. The van der Waals surface area contributed by atoms with E-state index in [0.29, 0.717) is 16.6 Å². The Hall–Kier alpha value is -2.01. The highest BCUT2D eigenvalue weighted by molar-refractivity contribution is 6.35. The Morgan fingerprint density at radius 3 is 2.82 bits per heavy atom. The normalized spacial score (nSPS) is 10.0. The predicted octanol–water partition coefficient (Wildman–Crippen LogP) is 2.46. The number of hydrogen-bond donors (Lipinski definition) is 2. The van der Waals surface area contributed by atoms with Crippen molar-refractivity contribution in [2.45, 2.75) is 0 Å². The molecule has 5 nitrogen and oxygen atoms in total. The number of anilines is 3. The van der Waals surface area contributed by atoms with Crippen LogP contribution in [-0.4, -0.2) is 17.1 Å². The van der Waals surface area contributed by atoms with Crippen molar-refractivity contribution in [2.75, 3.05) is 18.2 Å². The number of nitrogen functional groups attached to an aromatic ring is 1. The molecule has 0 atom stereocenters. The van der Waals surface area contributed by atoms with E-state index in [-0.39, 0.29) is 5.82 Å². The van der Waals surface area contributed by atoms with Gasteiger partial charge in [-0.15, -0.1) is 0 Å². The Morgan fingerprint density at radius 1 is 1.29 bits per heavy atom. The Morgan fingerprint density at radius 2 is 2.06 bits per heavy atom. The van der Waals surface area contributed by atoms with E-state index in [0.717, 1.165) is 5.69 Å². The van der Waals surface area contributed by atoms with Crippen molar-refractivity contribution in [1.29, 1.82) is 0 Å². The SMILES string of the molecule is COc1ccccc1Nc1ncnc(N)c1Cl. The lowest BCUT2D eigenvalue weighted by Gasteiger charge is -2.11. The number of benzene rings is 1. The molecule has 0 aliphatic heterocycles. The molecule has 0 saturated heterocycles. The Labute approximate surface area is 104 Å². The molecule has 0 fully saturated rings. The van der Waals surface area contributed by atoms with Crippen LogP contribution in [0, 0.1) is 0 Å². The molecule has 0 saturated carbocycles. The van der Waals surface area contributed by atoms with Crippen LogP contribution in [0.15, 0.2) is 30.6 Å². The Kier molecular flexibility index (Phi) is 3.30. The van der Waals surface area contributed by atoms with E-state index in [1.165, 1.54) is 6.33 Å². The van der Waals surface area contributed by atoms with Gasteiger partial charge >= 0.3 is 0 Å². The van der Waals surface area contributed by atoms with Crippen molar-refractivity contribution >= 4 is 28.9 Å². The standard InChI is InChI=1S/C11H11ClN4O/c1-17-8-5-3-2-4-7(8)16-11-9(12)10(13)14-6-15-11/h2-6H,1H3,(H3,13,14,15,16). The smallest absolute Gasteiger partial charge is 0.154 e. The highest BCUT2D eigenvalue weighted by Gasteiger charge is 2.08. The molecule has 0 bridgehead atoms. The second-order valence-electron chi connectivity index (χ2n) is 3.25. The molecule has 0 spiro atoms. The van der Waals surface area contributed by atoms with Crippen LogP contribution in [0.2, 0.25) is 5.02 Å². The Bertz CT molecular complexity index is 533. The van der Waals surface area contributed by atoms with Crippen molar-refractivity contribution in [1.82, 2.24) is 9.97 Å². The maximum Gasteiger partial charge on any atom is 0.154 e. The van der Waals surface area contributed by atoms with Crippen LogP contribution in [-0.2, 0) is 0 Å². The molecule has 6 heteroatoms. The minimum atomic E-state index is 0.235. The zero-order chi connectivity index (χ0) is 12.3. The summed E-state index contributed by atoms with van der Waals surface area (Å²) in [6, 6.07) is 7.44. The van der Waals surface area contributed by atoms with Gasteiger partial charge in [0.25, 0.3) is 0 Å². The minimum Gasteiger partial charge on any atom is -0.495 e. The molecule has 1 aromatic carbocycles. The molecule has 1 aromatic heterocycles. The number of nitrogens with two attached hydrogens (primary N) is 1. The minimum absolute atomic E-state index is 0.235. The molecule has 17 heavy (non-hydrogen) atoms. The van der Waals surface area contributed by atoms with Gasteiger partial charge in [-0.25, -0.2) is 9.97 Å². The molecule has 2 rings (SSSR count). The maximum atomic E-state index is 5.99. The van der Waals surface area contributed by atoms with Gasteiger partial charge < -0.3 is 15.8 Å². The molecule has 0 amide bonds. The van der Waals surface area contributed by atoms with Crippen LogP contribution in [0.1, 0.15) is 0 Å². The molecular formula is C11H11ClN4O. The summed E-state index contributed by atoms with van der Waals surface area (Å²) in [7, 11) is 1.59. The molecule has 0 aliphatic carbocycles. The van der Waals surface area contributed by atoms with E-state index < -0.39 is 0 Å². The fourth-order valence-electron chi connectivity index (χ4n) is 1.35. The van der Waals surface area contributed by atoms with Gasteiger partial charge in [-0.05, 0) is 12.1 Å². The van der Waals surface area contributed by atoms with Crippen molar-refractivity contribution in [2.24, 2.45) is 0 Å². The topological polar surface area (TPSA) is 73.1 Å². The van der Waals surface area contributed by atoms with Crippen LogP contribution >= 0.6 is 11.6 Å². The summed E-state index contributed by atoms with van der Waals surface area (Å²) in [4.78, 5) is 7.81. The first-order valence-electron chi connectivity index (χ1n) is 4.88.